The van der Waals surface area contributed by atoms with Crippen LogP contribution in [0.1, 0.15) is 37.6 Å². The summed E-state index contributed by atoms with van der Waals surface area (Å²) in [5.74, 6) is -0.979. The Balaban J connectivity index is 1.91. The molecule has 1 N–H and O–H groups in total. The molecular weight excluding hydrogens is 332 g/mol. The SMILES string of the molecule is COC(=O)c1c(NC(=O)c2cccc([N+](=O)[O-])c2)sc2c1CCC2. The summed E-state index contributed by atoms with van der Waals surface area (Å²) >= 11 is 1.36. The standard InChI is InChI=1S/C16H14N2O5S/c1-23-16(20)13-11-6-3-7-12(11)24-15(13)17-14(19)9-4-2-5-10(8-9)18(21)22/h2,4-5,8H,3,6-7H2,1H3,(H,17,19). The molecule has 1 aromatic heterocycles. The van der Waals surface area contributed by atoms with Crippen molar-refractivity contribution >= 4 is 33.9 Å². The molecule has 0 atom stereocenters. The molecule has 0 aliphatic heterocycles. The molecule has 0 unspecified atom stereocenters. The first-order chi connectivity index (χ1) is 11.5. The summed E-state index contributed by atoms with van der Waals surface area (Å²) in [6.07, 6.45) is 2.63. The first-order valence-electron chi connectivity index (χ1n) is 7.30. The van der Waals surface area contributed by atoms with Crippen LogP contribution >= 0.6 is 11.3 Å². The number of rotatable bonds is 4. The maximum Gasteiger partial charge on any atom is 0.341 e. The maximum atomic E-state index is 12.4. The molecule has 8 heteroatoms. The fraction of sp³-hybridized carbons (Fsp3) is 0.250. The summed E-state index contributed by atoms with van der Waals surface area (Å²) in [6, 6.07) is 5.45. The van der Waals surface area contributed by atoms with Gasteiger partial charge in [-0.05, 0) is 30.9 Å². The molecule has 1 heterocycles. The number of anilines is 1. The molecule has 0 saturated heterocycles. The smallest absolute Gasteiger partial charge is 0.341 e. The average Bonchev–Trinajstić information content (AvgIpc) is 3.14. The zero-order valence-corrected chi connectivity index (χ0v) is 13.6. The van der Waals surface area contributed by atoms with E-state index in [-0.39, 0.29) is 11.3 Å². The van der Waals surface area contributed by atoms with E-state index < -0.39 is 16.8 Å². The molecule has 1 aliphatic rings. The summed E-state index contributed by atoms with van der Waals surface area (Å²) in [5.41, 5.74) is 1.33. The molecule has 124 valence electrons. The summed E-state index contributed by atoms with van der Waals surface area (Å²) in [6.45, 7) is 0. The van der Waals surface area contributed by atoms with Gasteiger partial charge in [-0.1, -0.05) is 6.07 Å². The van der Waals surface area contributed by atoms with Crippen molar-refractivity contribution in [3.8, 4) is 0 Å². The number of methoxy groups -OCH3 is 1. The Hall–Kier alpha value is -2.74. The molecule has 0 spiro atoms. The van der Waals surface area contributed by atoms with Crippen LogP contribution in [-0.4, -0.2) is 23.9 Å². The highest BCUT2D eigenvalue weighted by molar-refractivity contribution is 7.17. The Kier molecular flexibility index (Phi) is 4.30. The van der Waals surface area contributed by atoms with Gasteiger partial charge in [0.25, 0.3) is 11.6 Å². The number of nitrogens with zero attached hydrogens (tertiary/aromatic N) is 1. The van der Waals surface area contributed by atoms with Crippen LogP contribution in [-0.2, 0) is 17.6 Å². The van der Waals surface area contributed by atoms with Crippen LogP contribution in [0, 0.1) is 10.1 Å². The highest BCUT2D eigenvalue weighted by Gasteiger charge is 2.28. The summed E-state index contributed by atoms with van der Waals surface area (Å²) in [5, 5.41) is 14.0. The predicted octanol–water partition coefficient (Wildman–Crippen LogP) is 3.18. The topological polar surface area (TPSA) is 98.5 Å². The highest BCUT2D eigenvalue weighted by atomic mass is 32.1. The number of non-ortho nitro benzene ring substituents is 1. The van der Waals surface area contributed by atoms with Gasteiger partial charge in [-0.25, -0.2) is 4.79 Å². The number of carbonyl (C=O) groups is 2. The zero-order chi connectivity index (χ0) is 17.3. The number of carbonyl (C=O) groups excluding carboxylic acids is 2. The molecule has 1 amide bonds. The minimum atomic E-state index is -0.559. The Bertz CT molecular complexity index is 843. The van der Waals surface area contributed by atoms with Crippen LogP contribution in [0.5, 0.6) is 0 Å². The van der Waals surface area contributed by atoms with Gasteiger partial charge in [-0.15, -0.1) is 11.3 Å². The third-order valence-electron chi connectivity index (χ3n) is 3.86. The van der Waals surface area contributed by atoms with Gasteiger partial charge in [0, 0.05) is 22.6 Å². The third-order valence-corrected chi connectivity index (χ3v) is 5.06. The number of nitrogens with one attached hydrogen (secondary N) is 1. The number of hydrogen-bond acceptors (Lipinski definition) is 6. The number of thiophene rings is 1. The lowest BCUT2D eigenvalue weighted by Crippen LogP contribution is -2.14. The number of nitro benzene ring substituents is 1. The molecule has 1 aliphatic carbocycles. The van der Waals surface area contributed by atoms with Gasteiger partial charge < -0.3 is 10.1 Å². The Morgan fingerprint density at radius 2 is 2.12 bits per heavy atom. The number of fused-ring (bicyclic) bond motifs is 1. The van der Waals surface area contributed by atoms with Crippen molar-refractivity contribution in [2.24, 2.45) is 0 Å². The molecule has 0 fully saturated rings. The number of nitro groups is 1. The largest absolute Gasteiger partial charge is 0.465 e. The van der Waals surface area contributed by atoms with E-state index in [1.165, 1.54) is 42.7 Å². The molecule has 2 aromatic rings. The number of ether oxygens (including phenoxy) is 1. The van der Waals surface area contributed by atoms with Gasteiger partial charge in [-0.3, -0.25) is 14.9 Å². The fourth-order valence-electron chi connectivity index (χ4n) is 2.75. The molecule has 24 heavy (non-hydrogen) atoms. The summed E-state index contributed by atoms with van der Waals surface area (Å²) in [4.78, 5) is 35.8. The van der Waals surface area contributed by atoms with Crippen molar-refractivity contribution in [2.45, 2.75) is 19.3 Å². The Morgan fingerprint density at radius 3 is 2.83 bits per heavy atom. The number of hydrogen-bond donors (Lipinski definition) is 1. The van der Waals surface area contributed by atoms with Crippen LogP contribution in [0.15, 0.2) is 24.3 Å². The van der Waals surface area contributed by atoms with Crippen molar-refractivity contribution in [3.63, 3.8) is 0 Å². The first kappa shape index (κ1) is 16.1. The molecular formula is C16H14N2O5S. The zero-order valence-electron chi connectivity index (χ0n) is 12.8. The molecule has 0 saturated carbocycles. The van der Waals surface area contributed by atoms with Crippen molar-refractivity contribution in [3.05, 3.63) is 55.9 Å². The first-order valence-corrected chi connectivity index (χ1v) is 8.11. The average molecular weight is 346 g/mol. The number of amides is 1. The molecule has 0 radical (unpaired) electrons. The second-order valence-corrected chi connectivity index (χ2v) is 6.42. The Morgan fingerprint density at radius 1 is 1.33 bits per heavy atom. The minimum Gasteiger partial charge on any atom is -0.465 e. The third kappa shape index (κ3) is 2.88. The normalized spacial score (nSPS) is 12.5. The van der Waals surface area contributed by atoms with E-state index in [1.807, 2.05) is 0 Å². The van der Waals surface area contributed by atoms with Crippen molar-refractivity contribution < 1.29 is 19.2 Å². The van der Waals surface area contributed by atoms with Crippen LogP contribution in [0.25, 0.3) is 0 Å². The summed E-state index contributed by atoms with van der Waals surface area (Å²) < 4.78 is 4.83. The van der Waals surface area contributed by atoms with Gasteiger partial charge >= 0.3 is 5.97 Å². The lowest BCUT2D eigenvalue weighted by Gasteiger charge is -2.07. The van der Waals surface area contributed by atoms with E-state index in [4.69, 9.17) is 4.74 Å². The highest BCUT2D eigenvalue weighted by Crippen LogP contribution is 2.39. The van der Waals surface area contributed by atoms with Gasteiger partial charge in [0.15, 0.2) is 0 Å². The van der Waals surface area contributed by atoms with Crippen LogP contribution < -0.4 is 5.32 Å². The maximum absolute atomic E-state index is 12.4. The molecule has 0 bridgehead atoms. The lowest BCUT2D eigenvalue weighted by molar-refractivity contribution is -0.384. The minimum absolute atomic E-state index is 0.161. The van der Waals surface area contributed by atoms with Crippen LogP contribution in [0.3, 0.4) is 0 Å². The van der Waals surface area contributed by atoms with Gasteiger partial charge in [0.05, 0.1) is 17.6 Å². The Labute approximate surface area is 141 Å². The van der Waals surface area contributed by atoms with Gasteiger partial charge in [0.2, 0.25) is 0 Å². The predicted molar refractivity (Wildman–Crippen MR) is 88.7 cm³/mol. The lowest BCUT2D eigenvalue weighted by atomic mass is 10.1. The molecule has 7 nitrogen and oxygen atoms in total. The van der Waals surface area contributed by atoms with E-state index >= 15 is 0 Å². The monoisotopic (exact) mass is 346 g/mol. The fourth-order valence-corrected chi connectivity index (χ4v) is 4.02. The van der Waals surface area contributed by atoms with Gasteiger partial charge in [0.1, 0.15) is 5.00 Å². The van der Waals surface area contributed by atoms with Crippen LogP contribution in [0.2, 0.25) is 0 Å². The number of esters is 1. The van der Waals surface area contributed by atoms with E-state index in [0.717, 1.165) is 29.7 Å². The van der Waals surface area contributed by atoms with Crippen LogP contribution in [0.4, 0.5) is 10.7 Å². The van der Waals surface area contributed by atoms with Crippen molar-refractivity contribution in [1.82, 2.24) is 0 Å². The van der Waals surface area contributed by atoms with E-state index in [9.17, 15) is 19.7 Å². The van der Waals surface area contributed by atoms with E-state index in [1.54, 1.807) is 0 Å². The molecule has 1 aromatic carbocycles. The summed E-state index contributed by atoms with van der Waals surface area (Å²) in [7, 11) is 1.30. The van der Waals surface area contributed by atoms with E-state index in [0.29, 0.717) is 10.6 Å². The van der Waals surface area contributed by atoms with Gasteiger partial charge in [-0.2, -0.15) is 0 Å². The second-order valence-electron chi connectivity index (χ2n) is 5.31. The number of aryl methyl sites for hydroxylation is 1. The second kappa shape index (κ2) is 6.40. The quantitative estimate of drug-likeness (QED) is 0.521. The van der Waals surface area contributed by atoms with Crippen molar-refractivity contribution in [1.29, 1.82) is 0 Å². The number of benzene rings is 1. The van der Waals surface area contributed by atoms with E-state index in [2.05, 4.69) is 5.32 Å². The van der Waals surface area contributed by atoms with Crippen molar-refractivity contribution in [2.75, 3.05) is 12.4 Å². The molecule has 3 rings (SSSR count).